The largest absolute Gasteiger partial charge is 0.355 e. The molecule has 0 radical (unpaired) electrons. The van der Waals surface area contributed by atoms with Gasteiger partial charge >= 0.3 is 5.69 Å². The van der Waals surface area contributed by atoms with E-state index in [0.717, 1.165) is 0 Å². The summed E-state index contributed by atoms with van der Waals surface area (Å²) in [5.41, 5.74) is -1.25. The molecule has 6 heteroatoms. The average molecular weight is 277 g/mol. The monoisotopic (exact) mass is 276 g/mol. The van der Waals surface area contributed by atoms with E-state index >= 15 is 0 Å². The molecule has 0 amide bonds. The number of hydrogen-bond acceptors (Lipinski definition) is 3. The number of aromatic nitrogens is 2. The Morgan fingerprint density at radius 3 is 2.60 bits per heavy atom. The van der Waals surface area contributed by atoms with Gasteiger partial charge in [-0.25, -0.2) is 4.79 Å². The van der Waals surface area contributed by atoms with Gasteiger partial charge in [0.05, 0.1) is 10.1 Å². The van der Waals surface area contributed by atoms with Gasteiger partial charge in [0.2, 0.25) is 0 Å². The first-order valence-electron chi connectivity index (χ1n) is 4.43. The fourth-order valence-electron chi connectivity index (χ4n) is 0.842. The van der Waals surface area contributed by atoms with Crippen molar-refractivity contribution in [2.24, 2.45) is 0 Å². The number of hydrogen-bond donors (Lipinski definition) is 1. The van der Waals surface area contributed by atoms with E-state index in [4.69, 9.17) is 4.74 Å². The Morgan fingerprint density at radius 1 is 1.47 bits per heavy atom. The van der Waals surface area contributed by atoms with Crippen LogP contribution in [0.3, 0.4) is 0 Å². The molecule has 1 aromatic heterocycles. The van der Waals surface area contributed by atoms with E-state index in [1.54, 1.807) is 0 Å². The number of H-pyrrole nitrogens is 1. The van der Waals surface area contributed by atoms with Crippen molar-refractivity contribution < 1.29 is 4.74 Å². The summed E-state index contributed by atoms with van der Waals surface area (Å²) >= 11 is 3.04. The molecule has 5 nitrogen and oxygen atoms in total. The van der Waals surface area contributed by atoms with Gasteiger partial charge in [-0.1, -0.05) is 0 Å². The van der Waals surface area contributed by atoms with Crippen LogP contribution < -0.4 is 11.2 Å². The maximum atomic E-state index is 11.3. The Morgan fingerprint density at radius 2 is 2.07 bits per heavy atom. The van der Waals surface area contributed by atoms with Crippen LogP contribution in [0.1, 0.15) is 20.8 Å². The molecule has 0 spiro atoms. The Bertz CT molecular complexity index is 456. The average Bonchev–Trinajstić information content (AvgIpc) is 2.07. The number of nitrogens with one attached hydrogen (secondary N) is 1. The van der Waals surface area contributed by atoms with Crippen molar-refractivity contribution in [3.8, 4) is 0 Å². The summed E-state index contributed by atoms with van der Waals surface area (Å²) in [7, 11) is 0. The molecule has 84 valence electrons. The van der Waals surface area contributed by atoms with E-state index < -0.39 is 11.2 Å². The second-order valence-corrected chi connectivity index (χ2v) is 4.95. The summed E-state index contributed by atoms with van der Waals surface area (Å²) in [5, 5.41) is 0. The normalized spacial score (nSPS) is 11.7. The first-order chi connectivity index (χ1) is 6.79. The highest BCUT2D eigenvalue weighted by molar-refractivity contribution is 9.10. The predicted octanol–water partition coefficient (Wildman–Crippen LogP) is 1.07. The van der Waals surface area contributed by atoms with E-state index in [0.29, 0.717) is 4.47 Å². The highest BCUT2D eigenvalue weighted by Crippen LogP contribution is 2.07. The number of nitrogens with zero attached hydrogens (tertiary/aromatic N) is 1. The minimum Gasteiger partial charge on any atom is -0.355 e. The maximum Gasteiger partial charge on any atom is 0.330 e. The van der Waals surface area contributed by atoms with Gasteiger partial charge in [-0.15, -0.1) is 0 Å². The zero-order valence-corrected chi connectivity index (χ0v) is 10.4. The SMILES string of the molecule is CC(C)(C)OCn1cc(Br)c(=O)[nH]c1=O. The van der Waals surface area contributed by atoms with Crippen molar-refractivity contribution in [1.82, 2.24) is 9.55 Å². The molecule has 0 unspecified atom stereocenters. The molecular weight excluding hydrogens is 264 g/mol. The van der Waals surface area contributed by atoms with Crippen LogP contribution in [0.15, 0.2) is 20.3 Å². The lowest BCUT2D eigenvalue weighted by atomic mass is 10.2. The highest BCUT2D eigenvalue weighted by atomic mass is 79.9. The summed E-state index contributed by atoms with van der Waals surface area (Å²) in [6, 6.07) is 0. The van der Waals surface area contributed by atoms with E-state index in [1.807, 2.05) is 20.8 Å². The lowest BCUT2D eigenvalue weighted by Crippen LogP contribution is -2.32. The van der Waals surface area contributed by atoms with Gasteiger partial charge < -0.3 is 4.74 Å². The number of rotatable bonds is 2. The zero-order valence-electron chi connectivity index (χ0n) is 8.83. The van der Waals surface area contributed by atoms with Crippen molar-refractivity contribution in [3.05, 3.63) is 31.5 Å². The molecule has 0 fully saturated rings. The highest BCUT2D eigenvalue weighted by Gasteiger charge is 2.11. The second-order valence-electron chi connectivity index (χ2n) is 4.09. The van der Waals surface area contributed by atoms with Crippen molar-refractivity contribution in [2.75, 3.05) is 0 Å². The Labute approximate surface area is 95.2 Å². The van der Waals surface area contributed by atoms with Crippen LogP contribution in [0.4, 0.5) is 0 Å². The van der Waals surface area contributed by atoms with Crippen LogP contribution in [0.2, 0.25) is 0 Å². The van der Waals surface area contributed by atoms with Gasteiger partial charge in [0, 0.05) is 6.20 Å². The van der Waals surface area contributed by atoms with Crippen LogP contribution in [0.25, 0.3) is 0 Å². The van der Waals surface area contributed by atoms with Crippen LogP contribution in [0, 0.1) is 0 Å². The molecule has 15 heavy (non-hydrogen) atoms. The summed E-state index contributed by atoms with van der Waals surface area (Å²) < 4.78 is 7.00. The smallest absolute Gasteiger partial charge is 0.330 e. The minimum absolute atomic E-state index is 0.109. The molecule has 0 aromatic carbocycles. The lowest BCUT2D eigenvalue weighted by Gasteiger charge is -2.19. The summed E-state index contributed by atoms with van der Waals surface area (Å²) in [6.07, 6.45) is 1.41. The molecule has 1 heterocycles. The zero-order chi connectivity index (χ0) is 11.6. The second kappa shape index (κ2) is 4.32. The fraction of sp³-hybridized carbons (Fsp3) is 0.556. The first-order valence-corrected chi connectivity index (χ1v) is 5.22. The van der Waals surface area contributed by atoms with Gasteiger partial charge in [0.15, 0.2) is 0 Å². The summed E-state index contributed by atoms with van der Waals surface area (Å²) in [4.78, 5) is 24.5. The third kappa shape index (κ3) is 3.64. The van der Waals surface area contributed by atoms with Crippen LogP contribution in [-0.2, 0) is 11.5 Å². The molecule has 0 atom stereocenters. The van der Waals surface area contributed by atoms with Crippen LogP contribution >= 0.6 is 15.9 Å². The summed E-state index contributed by atoms with van der Waals surface area (Å²) in [5.74, 6) is 0. The topological polar surface area (TPSA) is 64.1 Å². The van der Waals surface area contributed by atoms with Crippen molar-refractivity contribution in [1.29, 1.82) is 0 Å². The van der Waals surface area contributed by atoms with E-state index in [-0.39, 0.29) is 12.3 Å². The third-order valence-corrected chi connectivity index (χ3v) is 2.17. The molecular formula is C9H13BrN2O3. The van der Waals surface area contributed by atoms with E-state index in [2.05, 4.69) is 20.9 Å². The molecule has 0 saturated carbocycles. The molecule has 0 bridgehead atoms. The van der Waals surface area contributed by atoms with Crippen LogP contribution in [0.5, 0.6) is 0 Å². The fourth-order valence-corrected chi connectivity index (χ4v) is 1.19. The van der Waals surface area contributed by atoms with Gasteiger partial charge in [-0.2, -0.15) is 0 Å². The molecule has 1 N–H and O–H groups in total. The molecule has 0 aliphatic heterocycles. The number of halogens is 1. The Balaban J connectivity index is 2.92. The summed E-state index contributed by atoms with van der Waals surface area (Å²) in [6.45, 7) is 5.77. The van der Waals surface area contributed by atoms with E-state index in [9.17, 15) is 9.59 Å². The quantitative estimate of drug-likeness (QED) is 0.879. The van der Waals surface area contributed by atoms with Gasteiger partial charge in [0.25, 0.3) is 5.56 Å². The molecule has 0 aliphatic carbocycles. The van der Waals surface area contributed by atoms with Gasteiger partial charge in [0.1, 0.15) is 6.73 Å². The first kappa shape index (κ1) is 12.2. The lowest BCUT2D eigenvalue weighted by molar-refractivity contribution is -0.0451. The number of ether oxygens (including phenoxy) is 1. The molecule has 0 aliphatic rings. The Hall–Kier alpha value is -0.880. The number of aromatic amines is 1. The minimum atomic E-state index is -0.479. The van der Waals surface area contributed by atoms with Crippen LogP contribution in [-0.4, -0.2) is 15.2 Å². The van der Waals surface area contributed by atoms with Crippen molar-refractivity contribution in [2.45, 2.75) is 33.1 Å². The Kier molecular flexibility index (Phi) is 3.51. The molecule has 1 rings (SSSR count). The van der Waals surface area contributed by atoms with Gasteiger partial charge in [-0.05, 0) is 36.7 Å². The predicted molar refractivity (Wildman–Crippen MR) is 59.9 cm³/mol. The molecule has 1 aromatic rings. The third-order valence-electron chi connectivity index (χ3n) is 1.60. The molecule has 0 saturated heterocycles. The van der Waals surface area contributed by atoms with Gasteiger partial charge in [-0.3, -0.25) is 14.3 Å². The van der Waals surface area contributed by atoms with Crippen molar-refractivity contribution >= 4 is 15.9 Å². The standard InChI is InChI=1S/C9H13BrN2O3/c1-9(2,3)15-5-12-4-6(10)7(13)11-8(12)14/h4H,5H2,1-3H3,(H,11,13,14). The van der Waals surface area contributed by atoms with Crippen molar-refractivity contribution in [3.63, 3.8) is 0 Å². The van der Waals surface area contributed by atoms with E-state index in [1.165, 1.54) is 10.8 Å². The maximum absolute atomic E-state index is 11.3.